The second kappa shape index (κ2) is 10.8. The Morgan fingerprint density at radius 1 is 1.03 bits per heavy atom. The first-order valence-corrected chi connectivity index (χ1v) is 10.9. The Kier molecular flexibility index (Phi) is 7.93. The van der Waals surface area contributed by atoms with Crippen molar-refractivity contribution in [2.45, 2.75) is 45.6 Å². The van der Waals surface area contributed by atoms with Gasteiger partial charge in [-0.15, -0.1) is 0 Å². The Hall–Kier alpha value is -3.02. The van der Waals surface area contributed by atoms with Gasteiger partial charge in [-0.2, -0.15) is 0 Å². The minimum Gasteiger partial charge on any atom is -0.496 e. The third kappa shape index (κ3) is 6.23. The van der Waals surface area contributed by atoms with Crippen molar-refractivity contribution in [1.82, 2.24) is 10.2 Å². The summed E-state index contributed by atoms with van der Waals surface area (Å²) in [4.78, 5) is 26.8. The lowest BCUT2D eigenvalue weighted by Gasteiger charge is -2.32. The molecule has 1 N–H and O–H groups in total. The maximum absolute atomic E-state index is 12.7. The monoisotopic (exact) mass is 424 g/mol. The predicted octanol–water partition coefficient (Wildman–Crippen LogP) is 3.43. The van der Waals surface area contributed by atoms with E-state index in [2.05, 4.69) is 5.32 Å². The predicted molar refractivity (Wildman–Crippen MR) is 120 cm³/mol. The molecule has 0 radical (unpaired) electrons. The highest BCUT2D eigenvalue weighted by Gasteiger charge is 2.24. The van der Waals surface area contributed by atoms with Gasteiger partial charge >= 0.3 is 0 Å². The first-order valence-electron chi connectivity index (χ1n) is 10.9. The van der Waals surface area contributed by atoms with Crippen LogP contribution < -0.4 is 14.8 Å². The zero-order valence-corrected chi connectivity index (χ0v) is 18.6. The van der Waals surface area contributed by atoms with Crippen LogP contribution >= 0.6 is 0 Å². The van der Waals surface area contributed by atoms with E-state index in [0.717, 1.165) is 35.5 Å². The van der Waals surface area contributed by atoms with Crippen LogP contribution in [0.5, 0.6) is 11.5 Å². The molecule has 1 saturated heterocycles. The quantitative estimate of drug-likeness (QED) is 0.705. The number of piperidine rings is 1. The smallest absolute Gasteiger partial charge is 0.227 e. The van der Waals surface area contributed by atoms with Gasteiger partial charge in [-0.1, -0.05) is 30.3 Å². The highest BCUT2D eigenvalue weighted by molar-refractivity contribution is 5.80. The van der Waals surface area contributed by atoms with E-state index in [1.165, 1.54) is 5.56 Å². The molecule has 2 aromatic rings. The highest BCUT2D eigenvalue weighted by Crippen LogP contribution is 2.21. The van der Waals surface area contributed by atoms with E-state index < -0.39 is 0 Å². The van der Waals surface area contributed by atoms with E-state index in [4.69, 9.17) is 9.47 Å². The largest absolute Gasteiger partial charge is 0.496 e. The third-order valence-electron chi connectivity index (χ3n) is 5.89. The van der Waals surface area contributed by atoms with Gasteiger partial charge in [0.15, 0.2) is 0 Å². The van der Waals surface area contributed by atoms with Crippen molar-refractivity contribution in [1.29, 1.82) is 0 Å². The molecule has 0 saturated carbocycles. The minimum atomic E-state index is -0.0101. The second-order valence-corrected chi connectivity index (χ2v) is 8.01. The average molecular weight is 425 g/mol. The molecular weight excluding hydrogens is 392 g/mol. The van der Waals surface area contributed by atoms with Gasteiger partial charge in [0.25, 0.3) is 0 Å². The number of benzene rings is 2. The molecule has 6 nitrogen and oxygen atoms in total. The van der Waals surface area contributed by atoms with Crippen molar-refractivity contribution in [2.75, 3.05) is 26.8 Å². The summed E-state index contributed by atoms with van der Waals surface area (Å²) in [5.41, 5.74) is 3.18. The van der Waals surface area contributed by atoms with Gasteiger partial charge in [0.05, 0.1) is 26.6 Å². The lowest BCUT2D eigenvalue weighted by molar-refractivity contribution is -0.131. The number of aryl methyl sites for hydroxylation is 1. The zero-order chi connectivity index (χ0) is 22.2. The second-order valence-electron chi connectivity index (χ2n) is 8.01. The molecule has 2 amide bonds. The number of carbonyl (C=O) groups excluding carboxylic acids is 2. The normalized spacial score (nSPS) is 14.2. The van der Waals surface area contributed by atoms with Gasteiger partial charge in [-0.3, -0.25) is 9.59 Å². The Bertz CT molecular complexity index is 904. The maximum Gasteiger partial charge on any atom is 0.227 e. The van der Waals surface area contributed by atoms with E-state index in [9.17, 15) is 9.59 Å². The number of nitrogens with zero attached hydrogens (tertiary/aromatic N) is 1. The fourth-order valence-corrected chi connectivity index (χ4v) is 3.83. The van der Waals surface area contributed by atoms with Crippen LogP contribution in [0.25, 0.3) is 0 Å². The molecule has 1 aliphatic heterocycles. The molecule has 2 aromatic carbocycles. The topological polar surface area (TPSA) is 67.9 Å². The number of nitrogens with one attached hydrogen (secondary N) is 1. The van der Waals surface area contributed by atoms with Crippen molar-refractivity contribution in [3.8, 4) is 11.5 Å². The van der Waals surface area contributed by atoms with Crippen LogP contribution in [-0.2, 0) is 16.0 Å². The molecule has 1 heterocycles. The van der Waals surface area contributed by atoms with Crippen LogP contribution in [0.15, 0.2) is 42.5 Å². The van der Waals surface area contributed by atoms with E-state index in [1.807, 2.05) is 61.2 Å². The number of rotatable bonds is 8. The number of carbonyl (C=O) groups is 2. The van der Waals surface area contributed by atoms with Gasteiger partial charge in [-0.05, 0) is 49.9 Å². The molecule has 0 bridgehead atoms. The van der Waals surface area contributed by atoms with Gasteiger partial charge in [0.2, 0.25) is 11.8 Å². The van der Waals surface area contributed by atoms with Gasteiger partial charge in [0, 0.05) is 24.7 Å². The molecule has 0 aliphatic carbocycles. The van der Waals surface area contributed by atoms with Crippen LogP contribution in [0.1, 0.15) is 36.0 Å². The first kappa shape index (κ1) is 22.7. The molecule has 0 aromatic heterocycles. The van der Waals surface area contributed by atoms with Crippen molar-refractivity contribution < 1.29 is 19.1 Å². The number of hydrogen-bond donors (Lipinski definition) is 1. The molecule has 0 atom stereocenters. The summed E-state index contributed by atoms with van der Waals surface area (Å²) in [6.07, 6.45) is 2.18. The van der Waals surface area contributed by atoms with Crippen molar-refractivity contribution in [3.05, 3.63) is 59.2 Å². The summed E-state index contributed by atoms with van der Waals surface area (Å²) in [6, 6.07) is 13.6. The third-order valence-corrected chi connectivity index (χ3v) is 5.89. The van der Waals surface area contributed by atoms with E-state index >= 15 is 0 Å². The summed E-state index contributed by atoms with van der Waals surface area (Å²) in [5, 5.41) is 3.08. The van der Waals surface area contributed by atoms with Gasteiger partial charge in [-0.25, -0.2) is 0 Å². The average Bonchev–Trinajstić information content (AvgIpc) is 2.77. The summed E-state index contributed by atoms with van der Waals surface area (Å²) in [7, 11) is 1.62. The highest BCUT2D eigenvalue weighted by atomic mass is 16.5. The number of hydrogen-bond acceptors (Lipinski definition) is 4. The van der Waals surface area contributed by atoms with Crippen molar-refractivity contribution in [3.63, 3.8) is 0 Å². The molecule has 3 rings (SSSR count). The van der Waals surface area contributed by atoms with E-state index in [1.54, 1.807) is 7.11 Å². The van der Waals surface area contributed by atoms with Crippen LogP contribution in [0.4, 0.5) is 0 Å². The summed E-state index contributed by atoms with van der Waals surface area (Å²) in [6.45, 7) is 5.72. The molecule has 6 heteroatoms. The van der Waals surface area contributed by atoms with Gasteiger partial charge < -0.3 is 19.7 Å². The van der Waals surface area contributed by atoms with Crippen LogP contribution in [-0.4, -0.2) is 49.6 Å². The first-order chi connectivity index (χ1) is 15.0. The number of amides is 2. The van der Waals surface area contributed by atoms with Gasteiger partial charge in [0.1, 0.15) is 11.5 Å². The molecular formula is C25H32N2O4. The van der Waals surface area contributed by atoms with Crippen LogP contribution in [0.2, 0.25) is 0 Å². The van der Waals surface area contributed by atoms with Crippen molar-refractivity contribution >= 4 is 11.8 Å². The standard InChI is InChI=1S/C25H32N2O4/c1-18-7-6-10-22(19(18)2)31-16-13-24(28)26-21-11-14-27(15-12-21)25(29)17-20-8-4-5-9-23(20)30-3/h4-10,21H,11-17H2,1-3H3,(H,26,28). The Morgan fingerprint density at radius 3 is 2.48 bits per heavy atom. The fraction of sp³-hybridized carbons (Fsp3) is 0.440. The summed E-state index contributed by atoms with van der Waals surface area (Å²) >= 11 is 0. The lowest BCUT2D eigenvalue weighted by Crippen LogP contribution is -2.47. The molecule has 1 aliphatic rings. The van der Waals surface area contributed by atoms with Crippen LogP contribution in [0.3, 0.4) is 0 Å². The lowest BCUT2D eigenvalue weighted by atomic mass is 10.0. The number of para-hydroxylation sites is 1. The molecule has 0 spiro atoms. The molecule has 31 heavy (non-hydrogen) atoms. The van der Waals surface area contributed by atoms with Crippen molar-refractivity contribution in [2.24, 2.45) is 0 Å². The SMILES string of the molecule is COc1ccccc1CC(=O)N1CCC(NC(=O)CCOc2cccc(C)c2C)CC1. The Balaban J connectivity index is 1.39. The maximum atomic E-state index is 12.7. The Morgan fingerprint density at radius 2 is 1.74 bits per heavy atom. The molecule has 1 fully saturated rings. The van der Waals surface area contributed by atoms with E-state index in [-0.39, 0.29) is 17.9 Å². The van der Waals surface area contributed by atoms with Crippen LogP contribution in [0, 0.1) is 13.8 Å². The minimum absolute atomic E-state index is 0.0101. The van der Waals surface area contributed by atoms with E-state index in [0.29, 0.717) is 32.5 Å². The number of likely N-dealkylation sites (tertiary alicyclic amines) is 1. The fourth-order valence-electron chi connectivity index (χ4n) is 3.83. The zero-order valence-electron chi connectivity index (χ0n) is 18.6. The molecule has 166 valence electrons. The summed E-state index contributed by atoms with van der Waals surface area (Å²) < 4.78 is 11.1. The number of methoxy groups -OCH3 is 1. The Labute approximate surface area is 184 Å². The number of ether oxygens (including phenoxy) is 2. The summed E-state index contributed by atoms with van der Waals surface area (Å²) in [5.74, 6) is 1.65. The molecule has 0 unspecified atom stereocenters.